The van der Waals surface area contributed by atoms with Crippen molar-refractivity contribution in [3.05, 3.63) is 53.4 Å². The molecule has 22 heavy (non-hydrogen) atoms. The number of carbonyl (C=O) groups excluding carboxylic acids is 1. The van der Waals surface area contributed by atoms with E-state index < -0.39 is 0 Å². The van der Waals surface area contributed by atoms with Gasteiger partial charge in [0.1, 0.15) is 5.76 Å². The van der Waals surface area contributed by atoms with Crippen molar-refractivity contribution in [3.8, 4) is 0 Å². The Morgan fingerprint density at radius 3 is 2.77 bits per heavy atom. The summed E-state index contributed by atoms with van der Waals surface area (Å²) >= 11 is 0. The van der Waals surface area contributed by atoms with Gasteiger partial charge in [0.15, 0.2) is 0 Å². The highest BCUT2D eigenvalue weighted by molar-refractivity contribution is 5.78. The molecule has 1 aromatic carbocycles. The number of benzene rings is 1. The normalized spacial score (nSPS) is 21.5. The van der Waals surface area contributed by atoms with Gasteiger partial charge in [-0.2, -0.15) is 0 Å². The molecule has 0 radical (unpaired) electrons. The van der Waals surface area contributed by atoms with E-state index in [2.05, 4.69) is 34.7 Å². The average Bonchev–Trinajstić information content (AvgIpc) is 2.93. The number of hydrogen-bond acceptors (Lipinski definition) is 3. The molecule has 1 fully saturated rings. The largest absolute Gasteiger partial charge is 0.361 e. The molecule has 0 bridgehead atoms. The number of amides is 1. The van der Waals surface area contributed by atoms with Crippen molar-refractivity contribution in [2.75, 3.05) is 0 Å². The molecule has 0 saturated heterocycles. The first-order chi connectivity index (χ1) is 10.7. The van der Waals surface area contributed by atoms with Gasteiger partial charge in [-0.15, -0.1) is 0 Å². The molecule has 1 aliphatic rings. The smallest absolute Gasteiger partial charge is 0.227 e. The zero-order chi connectivity index (χ0) is 15.4. The second-order valence-electron chi connectivity index (χ2n) is 6.09. The van der Waals surface area contributed by atoms with Crippen LogP contribution in [0.15, 0.2) is 40.9 Å². The Balaban J connectivity index is 1.65. The van der Waals surface area contributed by atoms with Gasteiger partial charge in [0, 0.05) is 18.0 Å². The molecule has 1 N–H and O–H groups in total. The average molecular weight is 298 g/mol. The Morgan fingerprint density at radius 1 is 1.27 bits per heavy atom. The zero-order valence-corrected chi connectivity index (χ0v) is 12.9. The van der Waals surface area contributed by atoms with Gasteiger partial charge >= 0.3 is 0 Å². The predicted octanol–water partition coefficient (Wildman–Crippen LogP) is 3.37. The zero-order valence-electron chi connectivity index (χ0n) is 12.9. The first-order valence-corrected chi connectivity index (χ1v) is 7.99. The fourth-order valence-corrected chi connectivity index (χ4v) is 3.32. The number of carbonyl (C=O) groups is 1. The summed E-state index contributed by atoms with van der Waals surface area (Å²) in [5.41, 5.74) is 2.13. The fourth-order valence-electron chi connectivity index (χ4n) is 3.32. The first kappa shape index (κ1) is 14.8. The van der Waals surface area contributed by atoms with Crippen LogP contribution in [-0.2, 0) is 11.2 Å². The fraction of sp³-hybridized carbons (Fsp3) is 0.444. The van der Waals surface area contributed by atoms with Crippen molar-refractivity contribution in [1.29, 1.82) is 0 Å². The summed E-state index contributed by atoms with van der Waals surface area (Å²) in [5, 5.41) is 7.02. The second-order valence-corrected chi connectivity index (χ2v) is 6.09. The van der Waals surface area contributed by atoms with E-state index in [0.29, 0.717) is 11.7 Å². The second kappa shape index (κ2) is 6.77. The topological polar surface area (TPSA) is 55.1 Å². The van der Waals surface area contributed by atoms with Crippen LogP contribution in [0.3, 0.4) is 0 Å². The molecule has 0 unspecified atom stereocenters. The standard InChI is InChI=1S/C18H22N2O2/c1-13-11-15(22-20-13)12-18(21)19-17-10-6-5-9-16(17)14-7-3-2-4-8-14/h2-4,7-8,11,16-17H,5-6,9-10,12H2,1H3,(H,19,21)/t16-,17+/m0/s1. The van der Waals surface area contributed by atoms with Crippen molar-refractivity contribution in [1.82, 2.24) is 10.5 Å². The molecular weight excluding hydrogens is 276 g/mol. The maximum Gasteiger partial charge on any atom is 0.227 e. The molecule has 0 aliphatic heterocycles. The minimum Gasteiger partial charge on any atom is -0.361 e. The number of aryl methyl sites for hydroxylation is 1. The monoisotopic (exact) mass is 298 g/mol. The van der Waals surface area contributed by atoms with Crippen LogP contribution in [0.4, 0.5) is 0 Å². The van der Waals surface area contributed by atoms with E-state index in [1.807, 2.05) is 19.1 Å². The SMILES string of the molecule is Cc1cc(CC(=O)N[C@@H]2CCCC[C@H]2c2ccccc2)on1. The van der Waals surface area contributed by atoms with Crippen molar-refractivity contribution < 1.29 is 9.32 Å². The van der Waals surface area contributed by atoms with Gasteiger partial charge in [0.05, 0.1) is 12.1 Å². The lowest BCUT2D eigenvalue weighted by atomic mass is 9.80. The first-order valence-electron chi connectivity index (χ1n) is 7.99. The van der Waals surface area contributed by atoms with Crippen LogP contribution >= 0.6 is 0 Å². The lowest BCUT2D eigenvalue weighted by Crippen LogP contribution is -2.41. The molecule has 2 atom stereocenters. The maximum atomic E-state index is 12.3. The molecule has 0 spiro atoms. The highest BCUT2D eigenvalue weighted by atomic mass is 16.5. The van der Waals surface area contributed by atoms with Crippen molar-refractivity contribution in [2.24, 2.45) is 0 Å². The van der Waals surface area contributed by atoms with Gasteiger partial charge in [-0.1, -0.05) is 48.3 Å². The molecular formula is C18H22N2O2. The molecule has 1 aliphatic carbocycles. The van der Waals surface area contributed by atoms with Crippen molar-refractivity contribution >= 4 is 5.91 Å². The lowest BCUT2D eigenvalue weighted by Gasteiger charge is -2.32. The molecule has 1 amide bonds. The number of rotatable bonds is 4. The number of hydrogen-bond donors (Lipinski definition) is 1. The summed E-state index contributed by atoms with van der Waals surface area (Å²) in [7, 11) is 0. The van der Waals surface area contributed by atoms with Gasteiger partial charge in [-0.05, 0) is 25.3 Å². The Labute approximate surface area is 130 Å². The number of nitrogens with zero attached hydrogens (tertiary/aromatic N) is 1. The molecule has 3 rings (SSSR count). The Bertz CT molecular complexity index is 621. The van der Waals surface area contributed by atoms with E-state index in [0.717, 1.165) is 18.5 Å². The van der Waals surface area contributed by atoms with Crippen LogP contribution in [-0.4, -0.2) is 17.1 Å². The van der Waals surface area contributed by atoms with E-state index in [1.165, 1.54) is 18.4 Å². The Kier molecular flexibility index (Phi) is 4.56. The molecule has 4 nitrogen and oxygen atoms in total. The van der Waals surface area contributed by atoms with Crippen molar-refractivity contribution in [2.45, 2.75) is 51.0 Å². The molecule has 116 valence electrons. The Morgan fingerprint density at radius 2 is 2.05 bits per heavy atom. The summed E-state index contributed by atoms with van der Waals surface area (Å²) < 4.78 is 5.12. The highest BCUT2D eigenvalue weighted by Crippen LogP contribution is 2.33. The molecule has 2 aromatic rings. The van der Waals surface area contributed by atoms with Gasteiger partial charge in [0.2, 0.25) is 5.91 Å². The Hall–Kier alpha value is -2.10. The minimum absolute atomic E-state index is 0.0176. The third kappa shape index (κ3) is 3.56. The molecule has 4 heteroatoms. The quantitative estimate of drug-likeness (QED) is 0.941. The maximum absolute atomic E-state index is 12.3. The van der Waals surface area contributed by atoms with Crippen LogP contribution in [0.2, 0.25) is 0 Å². The van der Waals surface area contributed by atoms with E-state index >= 15 is 0 Å². The van der Waals surface area contributed by atoms with Crippen LogP contribution < -0.4 is 5.32 Å². The van der Waals surface area contributed by atoms with Crippen LogP contribution in [0, 0.1) is 6.92 Å². The third-order valence-corrected chi connectivity index (χ3v) is 4.35. The molecule has 1 heterocycles. The van der Waals surface area contributed by atoms with Gasteiger partial charge in [-0.25, -0.2) is 0 Å². The van der Waals surface area contributed by atoms with E-state index in [1.54, 1.807) is 0 Å². The minimum atomic E-state index is 0.0176. The van der Waals surface area contributed by atoms with Gasteiger partial charge < -0.3 is 9.84 Å². The van der Waals surface area contributed by atoms with Crippen LogP contribution in [0.1, 0.15) is 48.6 Å². The summed E-state index contributed by atoms with van der Waals surface area (Å²) in [6.07, 6.45) is 4.85. The molecule has 1 saturated carbocycles. The highest BCUT2D eigenvalue weighted by Gasteiger charge is 2.27. The van der Waals surface area contributed by atoms with Gasteiger partial charge in [0.25, 0.3) is 0 Å². The summed E-state index contributed by atoms with van der Waals surface area (Å²) in [4.78, 5) is 12.3. The van der Waals surface area contributed by atoms with Crippen molar-refractivity contribution in [3.63, 3.8) is 0 Å². The lowest BCUT2D eigenvalue weighted by molar-refractivity contribution is -0.121. The van der Waals surface area contributed by atoms with Crippen LogP contribution in [0.5, 0.6) is 0 Å². The van der Waals surface area contributed by atoms with E-state index in [4.69, 9.17) is 4.52 Å². The summed E-state index contributed by atoms with van der Waals surface area (Å²) in [6, 6.07) is 12.5. The predicted molar refractivity (Wildman–Crippen MR) is 84.5 cm³/mol. The van der Waals surface area contributed by atoms with Crippen LogP contribution in [0.25, 0.3) is 0 Å². The summed E-state index contributed by atoms with van der Waals surface area (Å²) in [6.45, 7) is 1.86. The van der Waals surface area contributed by atoms with Gasteiger partial charge in [-0.3, -0.25) is 4.79 Å². The van der Waals surface area contributed by atoms with E-state index in [9.17, 15) is 4.79 Å². The third-order valence-electron chi connectivity index (χ3n) is 4.35. The van der Waals surface area contributed by atoms with E-state index in [-0.39, 0.29) is 18.4 Å². The number of aromatic nitrogens is 1. The number of nitrogens with one attached hydrogen (secondary N) is 1. The summed E-state index contributed by atoms with van der Waals surface area (Å²) in [5.74, 6) is 1.06. The molecule has 1 aromatic heterocycles.